The van der Waals surface area contributed by atoms with Crippen LogP contribution in [-0.4, -0.2) is 4.98 Å². The maximum atomic E-state index is 5.45. The molecule has 0 aliphatic rings. The van der Waals surface area contributed by atoms with Crippen LogP contribution < -0.4 is 5.32 Å². The molecule has 2 heterocycles. The van der Waals surface area contributed by atoms with Crippen LogP contribution in [0.1, 0.15) is 23.1 Å². The van der Waals surface area contributed by atoms with E-state index >= 15 is 0 Å². The Morgan fingerprint density at radius 3 is 2.75 bits per heavy atom. The van der Waals surface area contributed by atoms with Crippen LogP contribution >= 0.6 is 15.9 Å². The van der Waals surface area contributed by atoms with Gasteiger partial charge in [-0.25, -0.2) is 4.98 Å². The van der Waals surface area contributed by atoms with Crippen LogP contribution in [0.4, 0.5) is 0 Å². The van der Waals surface area contributed by atoms with Crippen LogP contribution in [0.3, 0.4) is 0 Å². The molecule has 0 unspecified atom stereocenters. The van der Waals surface area contributed by atoms with Gasteiger partial charge in [-0.1, -0.05) is 0 Å². The van der Waals surface area contributed by atoms with Crippen molar-refractivity contribution in [3.8, 4) is 0 Å². The van der Waals surface area contributed by atoms with E-state index in [1.54, 1.807) is 6.26 Å². The summed E-state index contributed by atoms with van der Waals surface area (Å²) in [7, 11) is 0. The third kappa shape index (κ3) is 2.54. The van der Waals surface area contributed by atoms with Crippen molar-refractivity contribution in [3.63, 3.8) is 0 Å². The maximum absolute atomic E-state index is 5.45. The van der Waals surface area contributed by atoms with Crippen LogP contribution in [-0.2, 0) is 13.1 Å². The van der Waals surface area contributed by atoms with E-state index in [2.05, 4.69) is 26.2 Å². The molecule has 5 heteroatoms. The number of nitrogens with one attached hydrogen (secondary N) is 1. The number of nitrogens with zero attached hydrogens (tertiary/aromatic N) is 1. The van der Waals surface area contributed by atoms with E-state index in [0.29, 0.717) is 19.0 Å². The summed E-state index contributed by atoms with van der Waals surface area (Å²) >= 11 is 3.40. The van der Waals surface area contributed by atoms with Gasteiger partial charge in [0.1, 0.15) is 11.5 Å². The molecule has 0 amide bonds. The third-order valence-corrected chi connectivity index (χ3v) is 3.03. The highest BCUT2D eigenvalue weighted by molar-refractivity contribution is 9.10. The molecule has 0 spiro atoms. The molecule has 0 radical (unpaired) electrons. The quantitative estimate of drug-likeness (QED) is 0.938. The fraction of sp³-hybridized carbons (Fsp3) is 0.364. The number of furan rings is 1. The Bertz CT molecular complexity index is 457. The van der Waals surface area contributed by atoms with Crippen molar-refractivity contribution < 1.29 is 8.83 Å². The fourth-order valence-corrected chi connectivity index (χ4v) is 1.69. The second-order valence-electron chi connectivity index (χ2n) is 3.54. The van der Waals surface area contributed by atoms with Gasteiger partial charge in [0.05, 0.1) is 29.5 Å². The molecule has 0 saturated carbocycles. The van der Waals surface area contributed by atoms with Gasteiger partial charge < -0.3 is 14.2 Å². The Hall–Kier alpha value is -1.07. The maximum Gasteiger partial charge on any atom is 0.208 e. The Kier molecular flexibility index (Phi) is 3.46. The molecule has 86 valence electrons. The average Bonchev–Trinajstić information content (AvgIpc) is 2.76. The first-order valence-electron chi connectivity index (χ1n) is 5.02. The van der Waals surface area contributed by atoms with Gasteiger partial charge in [-0.15, -0.1) is 0 Å². The van der Waals surface area contributed by atoms with E-state index in [9.17, 15) is 0 Å². The van der Waals surface area contributed by atoms with E-state index < -0.39 is 0 Å². The lowest BCUT2D eigenvalue weighted by Gasteiger charge is -1.99. The summed E-state index contributed by atoms with van der Waals surface area (Å²) in [6.45, 7) is 5.09. The summed E-state index contributed by atoms with van der Waals surface area (Å²) in [5, 5.41) is 3.21. The molecule has 0 saturated heterocycles. The number of aromatic nitrogens is 1. The summed E-state index contributed by atoms with van der Waals surface area (Å²) in [5.74, 6) is 2.45. The molecular weight excluding hydrogens is 272 g/mol. The molecule has 16 heavy (non-hydrogen) atoms. The Morgan fingerprint density at radius 1 is 1.38 bits per heavy atom. The van der Waals surface area contributed by atoms with Gasteiger partial charge in [-0.05, 0) is 35.8 Å². The van der Waals surface area contributed by atoms with Gasteiger partial charge in [-0.3, -0.25) is 0 Å². The number of halogens is 1. The van der Waals surface area contributed by atoms with Crippen molar-refractivity contribution in [3.05, 3.63) is 39.9 Å². The second kappa shape index (κ2) is 4.84. The molecular formula is C11H13BrN2O2. The van der Waals surface area contributed by atoms with E-state index in [1.807, 2.05) is 19.9 Å². The highest BCUT2D eigenvalue weighted by Crippen LogP contribution is 2.17. The predicted octanol–water partition coefficient (Wildman–Crippen LogP) is 2.94. The molecule has 1 N–H and O–H groups in total. The van der Waals surface area contributed by atoms with Crippen molar-refractivity contribution in [2.75, 3.05) is 0 Å². The van der Waals surface area contributed by atoms with Crippen LogP contribution in [0.15, 0.2) is 25.6 Å². The van der Waals surface area contributed by atoms with E-state index in [-0.39, 0.29) is 0 Å². The standard InChI is InChI=1S/C11H13BrN2O2/c1-7-8(2)16-11(14-7)6-13-5-10-9(12)3-4-15-10/h3-4,13H,5-6H2,1-2H3. The van der Waals surface area contributed by atoms with Crippen LogP contribution in [0.5, 0.6) is 0 Å². The molecule has 0 fully saturated rings. The Morgan fingerprint density at radius 2 is 2.19 bits per heavy atom. The minimum Gasteiger partial charge on any atom is -0.467 e. The molecule has 0 atom stereocenters. The fourth-order valence-electron chi connectivity index (χ4n) is 1.35. The number of rotatable bonds is 4. The normalized spacial score (nSPS) is 10.9. The van der Waals surface area contributed by atoms with Crippen LogP contribution in [0.2, 0.25) is 0 Å². The van der Waals surface area contributed by atoms with Crippen molar-refractivity contribution in [1.82, 2.24) is 10.3 Å². The van der Waals surface area contributed by atoms with Crippen LogP contribution in [0, 0.1) is 13.8 Å². The monoisotopic (exact) mass is 284 g/mol. The highest BCUT2D eigenvalue weighted by atomic mass is 79.9. The SMILES string of the molecule is Cc1nc(CNCc2occc2Br)oc1C. The lowest BCUT2D eigenvalue weighted by molar-refractivity contribution is 0.430. The summed E-state index contributed by atoms with van der Waals surface area (Å²) in [6.07, 6.45) is 1.65. The van der Waals surface area contributed by atoms with Gasteiger partial charge in [0.2, 0.25) is 5.89 Å². The molecule has 2 rings (SSSR count). The smallest absolute Gasteiger partial charge is 0.208 e. The summed E-state index contributed by atoms with van der Waals surface area (Å²) in [6, 6.07) is 1.87. The van der Waals surface area contributed by atoms with Gasteiger partial charge in [0, 0.05) is 0 Å². The van der Waals surface area contributed by atoms with Gasteiger partial charge in [0.15, 0.2) is 0 Å². The number of hydrogen-bond acceptors (Lipinski definition) is 4. The Balaban J connectivity index is 1.87. The molecule has 4 nitrogen and oxygen atoms in total. The first kappa shape index (κ1) is 11.4. The zero-order chi connectivity index (χ0) is 11.5. The van der Waals surface area contributed by atoms with E-state index in [0.717, 1.165) is 21.7 Å². The van der Waals surface area contributed by atoms with Crippen LogP contribution in [0.25, 0.3) is 0 Å². The van der Waals surface area contributed by atoms with Gasteiger partial charge >= 0.3 is 0 Å². The molecule has 0 aromatic carbocycles. The lowest BCUT2D eigenvalue weighted by Crippen LogP contribution is -2.12. The minimum atomic E-state index is 0.599. The molecule has 2 aromatic rings. The topological polar surface area (TPSA) is 51.2 Å². The van der Waals surface area contributed by atoms with Gasteiger partial charge in [-0.2, -0.15) is 0 Å². The van der Waals surface area contributed by atoms with Crippen molar-refractivity contribution in [1.29, 1.82) is 0 Å². The van der Waals surface area contributed by atoms with Crippen molar-refractivity contribution >= 4 is 15.9 Å². The molecule has 2 aromatic heterocycles. The zero-order valence-corrected chi connectivity index (χ0v) is 10.8. The molecule has 0 bridgehead atoms. The zero-order valence-electron chi connectivity index (χ0n) is 9.21. The number of oxazole rings is 1. The number of hydrogen-bond donors (Lipinski definition) is 1. The van der Waals surface area contributed by atoms with E-state index in [1.165, 1.54) is 0 Å². The highest BCUT2D eigenvalue weighted by Gasteiger charge is 2.06. The third-order valence-electron chi connectivity index (χ3n) is 2.33. The lowest BCUT2D eigenvalue weighted by atomic mass is 10.4. The average molecular weight is 285 g/mol. The van der Waals surface area contributed by atoms with Crippen molar-refractivity contribution in [2.24, 2.45) is 0 Å². The van der Waals surface area contributed by atoms with Crippen molar-refractivity contribution in [2.45, 2.75) is 26.9 Å². The first-order valence-corrected chi connectivity index (χ1v) is 5.81. The molecule has 0 aliphatic carbocycles. The predicted molar refractivity (Wildman–Crippen MR) is 62.9 cm³/mol. The minimum absolute atomic E-state index is 0.599. The van der Waals surface area contributed by atoms with E-state index in [4.69, 9.17) is 8.83 Å². The number of aryl methyl sites for hydroxylation is 2. The summed E-state index contributed by atoms with van der Waals surface area (Å²) in [4.78, 5) is 4.28. The Labute approximate surface area is 102 Å². The second-order valence-corrected chi connectivity index (χ2v) is 4.40. The molecule has 0 aliphatic heterocycles. The summed E-state index contributed by atoms with van der Waals surface area (Å²) < 4.78 is 11.7. The largest absolute Gasteiger partial charge is 0.467 e. The van der Waals surface area contributed by atoms with Gasteiger partial charge in [0.25, 0.3) is 0 Å². The summed E-state index contributed by atoms with van der Waals surface area (Å²) in [5.41, 5.74) is 0.941. The first-order chi connectivity index (χ1) is 7.66.